The molecule has 0 saturated heterocycles. The highest BCUT2D eigenvalue weighted by molar-refractivity contribution is 6.30. The smallest absolute Gasteiger partial charge is 0.136 e. The average molecular weight is 227 g/mol. The maximum atomic E-state index is 11.0. The zero-order valence-electron chi connectivity index (χ0n) is 9.05. The number of aryl methyl sites for hydroxylation is 1. The van der Waals surface area contributed by atoms with E-state index in [1.165, 1.54) is 0 Å². The number of ketones is 1. The van der Waals surface area contributed by atoms with Crippen LogP contribution in [0.4, 0.5) is 0 Å². The molecule has 0 aliphatic rings. The molecule has 3 heteroatoms. The lowest BCUT2D eigenvalue weighted by Gasteiger charge is -2.08. The molecule has 0 N–H and O–H groups in total. The van der Waals surface area contributed by atoms with Crippen molar-refractivity contribution >= 4 is 17.4 Å². The van der Waals surface area contributed by atoms with Crippen LogP contribution in [0, 0.1) is 6.92 Å². The van der Waals surface area contributed by atoms with Crippen molar-refractivity contribution in [3.8, 4) is 5.75 Å². The lowest BCUT2D eigenvalue weighted by molar-refractivity contribution is -0.119. The van der Waals surface area contributed by atoms with Crippen LogP contribution in [0.5, 0.6) is 5.75 Å². The van der Waals surface area contributed by atoms with Gasteiger partial charge in [0.25, 0.3) is 0 Å². The minimum absolute atomic E-state index is 0.224. The van der Waals surface area contributed by atoms with Crippen molar-refractivity contribution in [2.75, 3.05) is 6.61 Å². The summed E-state index contributed by atoms with van der Waals surface area (Å²) in [7, 11) is 0. The van der Waals surface area contributed by atoms with Crippen LogP contribution in [0.1, 0.15) is 25.3 Å². The van der Waals surface area contributed by atoms with Crippen LogP contribution >= 0.6 is 11.6 Å². The maximum Gasteiger partial charge on any atom is 0.136 e. The zero-order valence-corrected chi connectivity index (χ0v) is 9.80. The minimum atomic E-state index is 0.224. The summed E-state index contributed by atoms with van der Waals surface area (Å²) in [5.41, 5.74) is 0.992. The van der Waals surface area contributed by atoms with Crippen LogP contribution < -0.4 is 4.74 Å². The molecule has 0 bridgehead atoms. The molecule has 1 aromatic rings. The molecule has 2 nitrogen and oxygen atoms in total. The van der Waals surface area contributed by atoms with Crippen molar-refractivity contribution < 1.29 is 9.53 Å². The first-order chi connectivity index (χ1) is 7.13. The number of hydrogen-bond donors (Lipinski definition) is 0. The molecule has 82 valence electrons. The lowest BCUT2D eigenvalue weighted by atomic mass is 10.2. The zero-order chi connectivity index (χ0) is 11.3. The third-order valence-electron chi connectivity index (χ3n) is 2.17. The van der Waals surface area contributed by atoms with Crippen molar-refractivity contribution in [1.29, 1.82) is 0 Å². The van der Waals surface area contributed by atoms with Gasteiger partial charge in [-0.05, 0) is 30.7 Å². The molecule has 1 aromatic carbocycles. The van der Waals surface area contributed by atoms with E-state index in [2.05, 4.69) is 0 Å². The van der Waals surface area contributed by atoms with E-state index < -0.39 is 0 Å². The Kier molecular flexibility index (Phi) is 4.63. The molecule has 0 atom stereocenters. The first kappa shape index (κ1) is 12.1. The number of ether oxygens (including phenoxy) is 1. The summed E-state index contributed by atoms with van der Waals surface area (Å²) in [4.78, 5) is 11.0. The molecule has 15 heavy (non-hydrogen) atoms. The maximum absolute atomic E-state index is 11.0. The summed E-state index contributed by atoms with van der Waals surface area (Å²) in [6.07, 6.45) is 1.04. The monoisotopic (exact) mass is 226 g/mol. The van der Waals surface area contributed by atoms with Gasteiger partial charge in [0.05, 0.1) is 6.61 Å². The van der Waals surface area contributed by atoms with Gasteiger partial charge < -0.3 is 4.74 Å². The first-order valence-electron chi connectivity index (χ1n) is 5.04. The lowest BCUT2D eigenvalue weighted by Crippen LogP contribution is -2.05. The first-order valence-corrected chi connectivity index (χ1v) is 5.42. The van der Waals surface area contributed by atoms with E-state index in [0.29, 0.717) is 24.5 Å². The van der Waals surface area contributed by atoms with Crippen LogP contribution in [0.3, 0.4) is 0 Å². The number of halogens is 1. The van der Waals surface area contributed by atoms with Gasteiger partial charge in [-0.15, -0.1) is 0 Å². The fourth-order valence-corrected chi connectivity index (χ4v) is 1.45. The summed E-state index contributed by atoms with van der Waals surface area (Å²) < 4.78 is 5.48. The second-order valence-corrected chi connectivity index (χ2v) is 3.84. The molecule has 1 rings (SSSR count). The van der Waals surface area contributed by atoms with Gasteiger partial charge in [0, 0.05) is 17.9 Å². The molecule has 0 fully saturated rings. The summed E-state index contributed by atoms with van der Waals surface area (Å²) >= 11 is 5.81. The van der Waals surface area contributed by atoms with Crippen molar-refractivity contribution in [3.05, 3.63) is 28.8 Å². The van der Waals surface area contributed by atoms with Crippen LogP contribution in [-0.4, -0.2) is 12.4 Å². The predicted octanol–water partition coefficient (Wildman–Crippen LogP) is 3.40. The summed E-state index contributed by atoms with van der Waals surface area (Å²) in [5, 5.41) is 0.699. The Bertz CT molecular complexity index is 347. The third kappa shape index (κ3) is 3.92. The Morgan fingerprint density at radius 3 is 2.80 bits per heavy atom. The highest BCUT2D eigenvalue weighted by Gasteiger charge is 2.02. The van der Waals surface area contributed by atoms with E-state index in [-0.39, 0.29) is 5.78 Å². The molecule has 0 aliphatic carbocycles. The molecule has 0 aromatic heterocycles. The molecule has 0 radical (unpaired) electrons. The molecule has 0 heterocycles. The van der Waals surface area contributed by atoms with Crippen LogP contribution in [-0.2, 0) is 4.79 Å². The Labute approximate surface area is 95.2 Å². The largest absolute Gasteiger partial charge is 0.493 e. The molecular formula is C12H15ClO2. The van der Waals surface area contributed by atoms with E-state index in [4.69, 9.17) is 16.3 Å². The highest BCUT2D eigenvalue weighted by Crippen LogP contribution is 2.21. The van der Waals surface area contributed by atoms with Crippen molar-refractivity contribution in [3.63, 3.8) is 0 Å². The van der Waals surface area contributed by atoms with E-state index >= 15 is 0 Å². The normalized spacial score (nSPS) is 10.1. The van der Waals surface area contributed by atoms with Crippen LogP contribution in [0.15, 0.2) is 18.2 Å². The number of carbonyl (C=O) groups is 1. The van der Waals surface area contributed by atoms with Gasteiger partial charge in [-0.25, -0.2) is 0 Å². The van der Waals surface area contributed by atoms with Crippen molar-refractivity contribution in [1.82, 2.24) is 0 Å². The Morgan fingerprint density at radius 1 is 1.47 bits per heavy atom. The summed E-state index contributed by atoms with van der Waals surface area (Å²) in [5.74, 6) is 1.02. The Morgan fingerprint density at radius 2 is 2.20 bits per heavy atom. The van der Waals surface area contributed by atoms with Crippen LogP contribution in [0.2, 0.25) is 5.02 Å². The third-order valence-corrected chi connectivity index (χ3v) is 2.40. The van der Waals surface area contributed by atoms with E-state index in [1.54, 1.807) is 6.07 Å². The topological polar surface area (TPSA) is 26.3 Å². The number of hydrogen-bond acceptors (Lipinski definition) is 2. The standard InChI is InChI=1S/C12H15ClO2/c1-3-11(14)6-7-15-12-5-4-10(13)8-9(12)2/h4-5,8H,3,6-7H2,1-2H3. The second kappa shape index (κ2) is 5.76. The predicted molar refractivity (Wildman–Crippen MR) is 61.6 cm³/mol. The van der Waals surface area contributed by atoms with Crippen LogP contribution in [0.25, 0.3) is 0 Å². The van der Waals surface area contributed by atoms with Gasteiger partial charge in [0.2, 0.25) is 0 Å². The number of benzene rings is 1. The van der Waals surface area contributed by atoms with Gasteiger partial charge in [-0.1, -0.05) is 18.5 Å². The molecular weight excluding hydrogens is 212 g/mol. The molecule has 0 aliphatic heterocycles. The molecule has 0 spiro atoms. The fraction of sp³-hybridized carbons (Fsp3) is 0.417. The van der Waals surface area contributed by atoms with Gasteiger partial charge in [-0.3, -0.25) is 4.79 Å². The minimum Gasteiger partial charge on any atom is -0.493 e. The van der Waals surface area contributed by atoms with Gasteiger partial charge in [0.1, 0.15) is 11.5 Å². The van der Waals surface area contributed by atoms with Gasteiger partial charge in [0.15, 0.2) is 0 Å². The van der Waals surface area contributed by atoms with Gasteiger partial charge in [-0.2, -0.15) is 0 Å². The Hall–Kier alpha value is -1.02. The molecule has 0 amide bonds. The second-order valence-electron chi connectivity index (χ2n) is 3.40. The number of carbonyl (C=O) groups excluding carboxylic acids is 1. The highest BCUT2D eigenvalue weighted by atomic mass is 35.5. The van der Waals surface area contributed by atoms with E-state index in [1.807, 2.05) is 26.0 Å². The van der Waals surface area contributed by atoms with Gasteiger partial charge >= 0.3 is 0 Å². The molecule has 0 saturated carbocycles. The van der Waals surface area contributed by atoms with Crippen molar-refractivity contribution in [2.45, 2.75) is 26.7 Å². The quantitative estimate of drug-likeness (QED) is 0.769. The Balaban J connectivity index is 2.47. The van der Waals surface area contributed by atoms with E-state index in [9.17, 15) is 4.79 Å². The summed E-state index contributed by atoms with van der Waals surface area (Å²) in [6, 6.07) is 5.46. The number of Topliss-reactive ketones (excluding diaryl/α,β-unsaturated/α-hetero) is 1. The van der Waals surface area contributed by atoms with E-state index in [0.717, 1.165) is 11.3 Å². The molecule has 0 unspecified atom stereocenters. The number of rotatable bonds is 5. The van der Waals surface area contributed by atoms with Crippen molar-refractivity contribution in [2.24, 2.45) is 0 Å². The SMILES string of the molecule is CCC(=O)CCOc1ccc(Cl)cc1C. The fourth-order valence-electron chi connectivity index (χ4n) is 1.23. The average Bonchev–Trinajstić information content (AvgIpc) is 2.21. The summed E-state index contributed by atoms with van der Waals surface area (Å²) in [6.45, 7) is 4.23.